The molecule has 0 amide bonds. The summed E-state index contributed by atoms with van der Waals surface area (Å²) in [6, 6.07) is 0. The predicted octanol–water partition coefficient (Wildman–Crippen LogP) is -7.57. The van der Waals surface area contributed by atoms with Crippen LogP contribution in [0.3, 0.4) is 0 Å². The van der Waals surface area contributed by atoms with E-state index in [0.717, 1.165) is 0 Å². The Morgan fingerprint density at radius 2 is 1.03 bits per heavy atom. The van der Waals surface area contributed by atoms with E-state index in [0.29, 0.717) is 0 Å². The van der Waals surface area contributed by atoms with E-state index < -0.39 is 112 Å². The van der Waals surface area contributed by atoms with Gasteiger partial charge in [0.15, 0.2) is 12.6 Å². The van der Waals surface area contributed by atoms with Gasteiger partial charge in [-0.25, -0.2) is 0 Å². The first-order valence-electron chi connectivity index (χ1n) is 10.6. The number of aliphatic hydroxyl groups is 11. The highest BCUT2D eigenvalue weighted by Crippen LogP contribution is 2.39. The minimum atomic E-state index is -2.43. The van der Waals surface area contributed by atoms with Crippen LogP contribution in [-0.4, -0.2) is 168 Å². The average Bonchev–Trinajstić information content (AvgIpc) is 3.10. The van der Waals surface area contributed by atoms with Crippen LogP contribution >= 0.6 is 0 Å². The van der Waals surface area contributed by atoms with Crippen LogP contribution in [-0.2, 0) is 23.7 Å². The molecule has 16 nitrogen and oxygen atoms in total. The zero-order valence-electron chi connectivity index (χ0n) is 17.8. The Labute approximate surface area is 192 Å². The second kappa shape index (κ2) is 11.2. The molecular formula is C18H32O16. The van der Waals surface area contributed by atoms with Crippen molar-refractivity contribution in [3.8, 4) is 0 Å². The van der Waals surface area contributed by atoms with Crippen LogP contribution in [0.2, 0.25) is 0 Å². The summed E-state index contributed by atoms with van der Waals surface area (Å²) in [6.45, 7) is -3.49. The zero-order valence-corrected chi connectivity index (χ0v) is 17.8. The number of ether oxygens (including phenoxy) is 5. The van der Waals surface area contributed by atoms with Gasteiger partial charge >= 0.3 is 0 Å². The van der Waals surface area contributed by atoms with Gasteiger partial charge in [-0.1, -0.05) is 0 Å². The summed E-state index contributed by atoms with van der Waals surface area (Å²) >= 11 is 0. The van der Waals surface area contributed by atoms with E-state index >= 15 is 0 Å². The third-order valence-corrected chi connectivity index (χ3v) is 6.17. The van der Waals surface area contributed by atoms with E-state index in [2.05, 4.69) is 0 Å². The molecule has 0 aromatic carbocycles. The Bertz CT molecular complexity index is 651. The molecule has 200 valence electrons. The largest absolute Gasteiger partial charge is 0.394 e. The molecule has 11 N–H and O–H groups in total. The third-order valence-electron chi connectivity index (χ3n) is 6.17. The number of hydrogen-bond donors (Lipinski definition) is 11. The Morgan fingerprint density at radius 1 is 0.559 bits per heavy atom. The van der Waals surface area contributed by atoms with Gasteiger partial charge in [0.25, 0.3) is 0 Å². The molecule has 0 aliphatic carbocycles. The molecule has 3 aliphatic heterocycles. The van der Waals surface area contributed by atoms with Crippen molar-refractivity contribution in [1.29, 1.82) is 0 Å². The van der Waals surface area contributed by atoms with Crippen molar-refractivity contribution in [3.63, 3.8) is 0 Å². The second-order valence-corrected chi connectivity index (χ2v) is 8.37. The molecule has 34 heavy (non-hydrogen) atoms. The SMILES string of the molecule is OC[C@@H]1O[C@@H](O[C@@H]2[C@H](O)[C@H](CO)O[C@@]2(CO)O[C@H]2O[C@@H](CO)[C@@H](O)[C@@H](O)[C@H]2O)[C@@H](O)[C@@H](O)[C@H]1O. The molecule has 0 bridgehead atoms. The first-order valence-corrected chi connectivity index (χ1v) is 10.6. The number of hydrogen-bond acceptors (Lipinski definition) is 16. The van der Waals surface area contributed by atoms with Crippen molar-refractivity contribution in [2.24, 2.45) is 0 Å². The molecule has 0 radical (unpaired) electrons. The fraction of sp³-hybridized carbons (Fsp3) is 1.00. The Kier molecular flexibility index (Phi) is 9.18. The molecule has 3 fully saturated rings. The van der Waals surface area contributed by atoms with Crippen LogP contribution in [0.5, 0.6) is 0 Å². The second-order valence-electron chi connectivity index (χ2n) is 8.37. The van der Waals surface area contributed by atoms with Crippen LogP contribution in [0.15, 0.2) is 0 Å². The highest BCUT2D eigenvalue weighted by molar-refractivity contribution is 5.01. The van der Waals surface area contributed by atoms with Crippen molar-refractivity contribution in [2.75, 3.05) is 26.4 Å². The average molecular weight is 504 g/mol. The topological polar surface area (TPSA) is 269 Å². The van der Waals surface area contributed by atoms with Crippen LogP contribution in [0.1, 0.15) is 0 Å². The summed E-state index contributed by atoms with van der Waals surface area (Å²) < 4.78 is 27.0. The van der Waals surface area contributed by atoms with Crippen LogP contribution in [0.4, 0.5) is 0 Å². The summed E-state index contributed by atoms with van der Waals surface area (Å²) in [4.78, 5) is 0. The normalized spacial score (nSPS) is 52.1. The first-order chi connectivity index (χ1) is 16.0. The van der Waals surface area contributed by atoms with Crippen molar-refractivity contribution in [3.05, 3.63) is 0 Å². The van der Waals surface area contributed by atoms with Gasteiger partial charge in [0.1, 0.15) is 73.8 Å². The molecule has 0 aromatic rings. The summed E-state index contributed by atoms with van der Waals surface area (Å²) in [5, 5.41) is 109. The molecule has 3 aliphatic rings. The summed E-state index contributed by atoms with van der Waals surface area (Å²) in [7, 11) is 0. The maximum absolute atomic E-state index is 10.6. The molecule has 3 rings (SSSR count). The number of rotatable bonds is 8. The maximum Gasteiger partial charge on any atom is 0.224 e. The fourth-order valence-corrected chi connectivity index (χ4v) is 4.12. The van der Waals surface area contributed by atoms with Crippen molar-refractivity contribution in [1.82, 2.24) is 0 Å². The monoisotopic (exact) mass is 504 g/mol. The van der Waals surface area contributed by atoms with Crippen molar-refractivity contribution < 1.29 is 79.9 Å². The van der Waals surface area contributed by atoms with E-state index in [1.54, 1.807) is 0 Å². The van der Waals surface area contributed by atoms with Gasteiger partial charge in [0, 0.05) is 0 Å². The smallest absolute Gasteiger partial charge is 0.224 e. The van der Waals surface area contributed by atoms with Gasteiger partial charge in [-0.05, 0) is 0 Å². The lowest BCUT2D eigenvalue weighted by Crippen LogP contribution is -2.64. The van der Waals surface area contributed by atoms with Gasteiger partial charge in [0.05, 0.1) is 19.8 Å². The third kappa shape index (κ3) is 4.96. The molecule has 3 saturated heterocycles. The fourth-order valence-electron chi connectivity index (χ4n) is 4.12. The van der Waals surface area contributed by atoms with E-state index in [9.17, 15) is 56.2 Å². The van der Waals surface area contributed by atoms with Crippen LogP contribution in [0, 0.1) is 0 Å². The summed E-state index contributed by atoms with van der Waals surface area (Å²) in [5.41, 5.74) is 0. The summed E-state index contributed by atoms with van der Waals surface area (Å²) in [5.74, 6) is -2.43. The first kappa shape index (κ1) is 27.9. The lowest BCUT2D eigenvalue weighted by atomic mass is 9.98. The minimum absolute atomic E-state index is 0.777. The lowest BCUT2D eigenvalue weighted by Gasteiger charge is -2.45. The highest BCUT2D eigenvalue weighted by atomic mass is 16.8. The Balaban J connectivity index is 1.87. The van der Waals surface area contributed by atoms with Gasteiger partial charge in [-0.15, -0.1) is 0 Å². The van der Waals surface area contributed by atoms with Gasteiger partial charge in [0.2, 0.25) is 5.79 Å². The van der Waals surface area contributed by atoms with Crippen molar-refractivity contribution in [2.45, 2.75) is 85.5 Å². The van der Waals surface area contributed by atoms with E-state index in [4.69, 9.17) is 23.7 Å². The molecule has 14 atom stereocenters. The Morgan fingerprint density at radius 3 is 1.50 bits per heavy atom. The minimum Gasteiger partial charge on any atom is -0.394 e. The molecule has 0 saturated carbocycles. The van der Waals surface area contributed by atoms with Crippen LogP contribution < -0.4 is 0 Å². The quantitative estimate of drug-likeness (QED) is 0.146. The Hall–Kier alpha value is -0.640. The van der Waals surface area contributed by atoms with E-state index in [1.165, 1.54) is 0 Å². The lowest BCUT2D eigenvalue weighted by molar-refractivity contribution is -0.400. The highest BCUT2D eigenvalue weighted by Gasteiger charge is 2.61. The number of aliphatic hydroxyl groups excluding tert-OH is 11. The van der Waals surface area contributed by atoms with E-state index in [1.807, 2.05) is 0 Å². The predicted molar refractivity (Wildman–Crippen MR) is 101 cm³/mol. The van der Waals surface area contributed by atoms with Gasteiger partial charge in [-0.2, -0.15) is 0 Å². The van der Waals surface area contributed by atoms with Crippen molar-refractivity contribution >= 4 is 0 Å². The van der Waals surface area contributed by atoms with Crippen LogP contribution in [0.25, 0.3) is 0 Å². The van der Waals surface area contributed by atoms with Gasteiger partial charge < -0.3 is 79.9 Å². The molecule has 0 spiro atoms. The molecule has 0 unspecified atom stereocenters. The zero-order chi connectivity index (χ0) is 25.4. The molecular weight excluding hydrogens is 472 g/mol. The molecule has 3 heterocycles. The van der Waals surface area contributed by atoms with Gasteiger partial charge in [-0.3, -0.25) is 0 Å². The van der Waals surface area contributed by atoms with E-state index in [-0.39, 0.29) is 0 Å². The maximum atomic E-state index is 10.6. The summed E-state index contributed by atoms with van der Waals surface area (Å²) in [6.07, 6.45) is -22.3. The molecule has 0 aromatic heterocycles. The standard InChI is InChI=1S/C18H32O16/c19-1-5-8(23)11(26)13(28)16(30-5)32-15-10(25)7(3-21)33-18(15,4-22)34-17-14(29)12(27)9(24)6(2-20)31-17/h5-17,19-29H,1-4H2/t5-,6-,7-,8-,9+,10+,11-,12+,13-,14+,15+,16-,17+,18-/m0/s1. The molecule has 16 heteroatoms.